The fourth-order valence-electron chi connectivity index (χ4n) is 1.93. The Kier molecular flexibility index (Phi) is 3.83. The summed E-state index contributed by atoms with van der Waals surface area (Å²) in [5, 5.41) is -0.302. The lowest BCUT2D eigenvalue weighted by Crippen LogP contribution is -2.15. The van der Waals surface area contributed by atoms with Crippen LogP contribution in [0.4, 0.5) is 13.2 Å². The van der Waals surface area contributed by atoms with Gasteiger partial charge in [0.15, 0.2) is 0 Å². The average Bonchev–Trinajstić information content (AvgIpc) is 2.33. The van der Waals surface area contributed by atoms with E-state index in [1.54, 1.807) is 6.92 Å². The molecule has 0 saturated heterocycles. The van der Waals surface area contributed by atoms with Gasteiger partial charge in [-0.1, -0.05) is 17.7 Å². The largest absolute Gasteiger partial charge is 0.320 e. The van der Waals surface area contributed by atoms with Crippen molar-refractivity contribution < 1.29 is 13.2 Å². The van der Waals surface area contributed by atoms with Crippen LogP contribution in [0.1, 0.15) is 22.7 Å². The summed E-state index contributed by atoms with van der Waals surface area (Å²) in [6.45, 7) is 1.66. The second-order valence-electron chi connectivity index (χ2n) is 4.27. The SMILES string of the molecule is Cc1cc(F)ccc1C(N)c1cc(F)c(Cl)cc1F. The molecule has 1 unspecified atom stereocenters. The molecule has 2 aromatic carbocycles. The van der Waals surface area contributed by atoms with Crippen LogP contribution in [-0.4, -0.2) is 0 Å². The van der Waals surface area contributed by atoms with E-state index in [4.69, 9.17) is 17.3 Å². The number of hydrogen-bond acceptors (Lipinski definition) is 1. The molecule has 0 bridgehead atoms. The molecule has 19 heavy (non-hydrogen) atoms. The van der Waals surface area contributed by atoms with Gasteiger partial charge in [0.05, 0.1) is 11.1 Å². The van der Waals surface area contributed by atoms with E-state index in [0.29, 0.717) is 11.1 Å². The standard InChI is InChI=1S/C14H11ClF3N/c1-7-4-8(16)2-3-9(7)14(19)10-5-13(18)11(15)6-12(10)17/h2-6,14H,19H2,1H3. The van der Waals surface area contributed by atoms with Crippen molar-refractivity contribution in [2.75, 3.05) is 0 Å². The maximum atomic E-state index is 13.8. The molecule has 100 valence electrons. The second kappa shape index (κ2) is 5.23. The van der Waals surface area contributed by atoms with Crippen molar-refractivity contribution in [1.82, 2.24) is 0 Å². The molecule has 2 rings (SSSR count). The summed E-state index contributed by atoms with van der Waals surface area (Å²) in [6, 6.07) is 4.94. The highest BCUT2D eigenvalue weighted by Crippen LogP contribution is 2.28. The van der Waals surface area contributed by atoms with Gasteiger partial charge in [0.25, 0.3) is 0 Å². The number of hydrogen-bond donors (Lipinski definition) is 1. The van der Waals surface area contributed by atoms with Crippen LogP contribution in [-0.2, 0) is 0 Å². The van der Waals surface area contributed by atoms with E-state index in [1.807, 2.05) is 0 Å². The lowest BCUT2D eigenvalue weighted by atomic mass is 9.95. The Morgan fingerprint density at radius 3 is 2.32 bits per heavy atom. The molecule has 0 fully saturated rings. The van der Waals surface area contributed by atoms with Crippen LogP contribution in [0, 0.1) is 24.4 Å². The van der Waals surface area contributed by atoms with Crippen LogP contribution in [0.5, 0.6) is 0 Å². The number of nitrogens with two attached hydrogens (primary N) is 1. The molecular weight excluding hydrogens is 275 g/mol. The first-order valence-corrected chi connectivity index (χ1v) is 5.94. The summed E-state index contributed by atoms with van der Waals surface area (Å²) in [5.74, 6) is -1.84. The Bertz CT molecular complexity index is 628. The third-order valence-corrected chi connectivity index (χ3v) is 3.23. The van der Waals surface area contributed by atoms with Crippen molar-refractivity contribution in [1.29, 1.82) is 0 Å². The van der Waals surface area contributed by atoms with Crippen LogP contribution in [0.2, 0.25) is 5.02 Å². The summed E-state index contributed by atoms with van der Waals surface area (Å²) in [5.41, 5.74) is 7.00. The van der Waals surface area contributed by atoms with Crippen LogP contribution < -0.4 is 5.73 Å². The van der Waals surface area contributed by atoms with Gasteiger partial charge >= 0.3 is 0 Å². The minimum absolute atomic E-state index is 0.0170. The average molecular weight is 286 g/mol. The van der Waals surface area contributed by atoms with E-state index in [0.717, 1.165) is 12.1 Å². The van der Waals surface area contributed by atoms with E-state index in [2.05, 4.69) is 0 Å². The molecule has 1 nitrogen and oxygen atoms in total. The van der Waals surface area contributed by atoms with Crippen molar-refractivity contribution >= 4 is 11.6 Å². The number of rotatable bonds is 2. The zero-order valence-electron chi connectivity index (χ0n) is 10.1. The highest BCUT2D eigenvalue weighted by molar-refractivity contribution is 6.30. The molecule has 0 aliphatic rings. The summed E-state index contributed by atoms with van der Waals surface area (Å²) < 4.78 is 40.2. The number of aryl methyl sites for hydroxylation is 1. The predicted octanol–water partition coefficient (Wildman–Crippen LogP) is 4.11. The van der Waals surface area contributed by atoms with Crippen LogP contribution in [0.3, 0.4) is 0 Å². The lowest BCUT2D eigenvalue weighted by molar-refractivity contribution is 0.576. The minimum Gasteiger partial charge on any atom is -0.320 e. The maximum absolute atomic E-state index is 13.8. The maximum Gasteiger partial charge on any atom is 0.142 e. The second-order valence-corrected chi connectivity index (χ2v) is 4.67. The van der Waals surface area contributed by atoms with Gasteiger partial charge in [-0.15, -0.1) is 0 Å². The minimum atomic E-state index is -0.882. The van der Waals surface area contributed by atoms with Gasteiger partial charge < -0.3 is 5.73 Å². The topological polar surface area (TPSA) is 26.0 Å². The number of benzene rings is 2. The molecule has 2 N–H and O–H groups in total. The Morgan fingerprint density at radius 1 is 1.00 bits per heavy atom. The Labute approximate surface area is 113 Å². The van der Waals surface area contributed by atoms with E-state index in [9.17, 15) is 13.2 Å². The van der Waals surface area contributed by atoms with Gasteiger partial charge in [-0.2, -0.15) is 0 Å². The molecule has 0 saturated carbocycles. The summed E-state index contributed by atoms with van der Waals surface area (Å²) in [7, 11) is 0. The fraction of sp³-hybridized carbons (Fsp3) is 0.143. The molecule has 0 spiro atoms. The molecular formula is C14H11ClF3N. The van der Waals surface area contributed by atoms with Gasteiger partial charge in [0.2, 0.25) is 0 Å². The summed E-state index contributed by atoms with van der Waals surface area (Å²) >= 11 is 5.48. The van der Waals surface area contributed by atoms with E-state index in [1.165, 1.54) is 18.2 Å². The monoisotopic (exact) mass is 285 g/mol. The zero-order valence-corrected chi connectivity index (χ0v) is 10.8. The molecule has 1 atom stereocenters. The first kappa shape index (κ1) is 13.9. The molecule has 5 heteroatoms. The lowest BCUT2D eigenvalue weighted by Gasteiger charge is -2.16. The van der Waals surface area contributed by atoms with Gasteiger partial charge in [-0.05, 0) is 42.3 Å². The number of halogens is 4. The van der Waals surface area contributed by atoms with Crippen LogP contribution in [0.25, 0.3) is 0 Å². The van der Waals surface area contributed by atoms with Crippen molar-refractivity contribution in [2.45, 2.75) is 13.0 Å². The Balaban J connectivity index is 2.49. The van der Waals surface area contributed by atoms with Crippen LogP contribution >= 0.6 is 11.6 Å². The molecule has 0 amide bonds. The third-order valence-electron chi connectivity index (χ3n) is 2.94. The highest BCUT2D eigenvalue weighted by Gasteiger charge is 2.18. The molecule has 0 aliphatic heterocycles. The molecule has 0 aromatic heterocycles. The van der Waals surface area contributed by atoms with E-state index < -0.39 is 23.5 Å². The Hall–Kier alpha value is -1.52. The van der Waals surface area contributed by atoms with Gasteiger partial charge in [0.1, 0.15) is 17.5 Å². The summed E-state index contributed by atoms with van der Waals surface area (Å²) in [6.07, 6.45) is 0. The predicted molar refractivity (Wildman–Crippen MR) is 68.5 cm³/mol. The fourth-order valence-corrected chi connectivity index (χ4v) is 2.08. The van der Waals surface area contributed by atoms with Gasteiger partial charge in [0, 0.05) is 5.56 Å². The smallest absolute Gasteiger partial charge is 0.142 e. The highest BCUT2D eigenvalue weighted by atomic mass is 35.5. The molecule has 0 heterocycles. The molecule has 0 radical (unpaired) electrons. The van der Waals surface area contributed by atoms with E-state index in [-0.39, 0.29) is 10.6 Å². The van der Waals surface area contributed by atoms with Gasteiger partial charge in [-0.3, -0.25) is 0 Å². The van der Waals surface area contributed by atoms with Gasteiger partial charge in [-0.25, -0.2) is 13.2 Å². The van der Waals surface area contributed by atoms with Crippen molar-refractivity contribution in [3.63, 3.8) is 0 Å². The molecule has 2 aromatic rings. The summed E-state index contributed by atoms with van der Waals surface area (Å²) in [4.78, 5) is 0. The third kappa shape index (κ3) is 2.74. The van der Waals surface area contributed by atoms with Crippen molar-refractivity contribution in [3.05, 3.63) is 69.5 Å². The zero-order chi connectivity index (χ0) is 14.2. The Morgan fingerprint density at radius 2 is 1.68 bits per heavy atom. The quantitative estimate of drug-likeness (QED) is 0.826. The van der Waals surface area contributed by atoms with Crippen LogP contribution in [0.15, 0.2) is 30.3 Å². The first-order chi connectivity index (χ1) is 8.90. The normalized spacial score (nSPS) is 12.5. The van der Waals surface area contributed by atoms with Crippen molar-refractivity contribution in [2.24, 2.45) is 5.73 Å². The van der Waals surface area contributed by atoms with Crippen molar-refractivity contribution in [3.8, 4) is 0 Å². The first-order valence-electron chi connectivity index (χ1n) is 5.56. The molecule has 0 aliphatic carbocycles. The van der Waals surface area contributed by atoms with E-state index >= 15 is 0 Å².